The third kappa shape index (κ3) is 15.6. The second-order valence-corrected chi connectivity index (χ2v) is 14.3. The molecule has 0 aliphatic rings. The lowest BCUT2D eigenvalue weighted by Gasteiger charge is -2.38. The van der Waals surface area contributed by atoms with Crippen molar-refractivity contribution < 1.29 is 8.85 Å². The van der Waals surface area contributed by atoms with E-state index in [1.807, 2.05) is 14.2 Å². The van der Waals surface area contributed by atoms with Crippen LogP contribution in [0.2, 0.25) is 12.6 Å². The van der Waals surface area contributed by atoms with Gasteiger partial charge in [0.05, 0.1) is 0 Å². The molecule has 200 valence electrons. The fraction of sp³-hybridized carbons (Fsp3) is 1.00. The van der Waals surface area contributed by atoms with Gasteiger partial charge >= 0.3 is 8.56 Å². The van der Waals surface area contributed by atoms with E-state index in [2.05, 4.69) is 63.2 Å². The molecule has 0 atom stereocenters. The van der Waals surface area contributed by atoms with E-state index in [4.69, 9.17) is 8.85 Å². The Bertz CT molecular complexity index is 404. The monoisotopic (exact) mass is 487 g/mol. The largest absolute Gasteiger partial charge is 0.398 e. The molecule has 0 aliphatic carbocycles. The van der Waals surface area contributed by atoms with E-state index in [1.165, 1.54) is 103 Å². The Morgan fingerprint density at radius 1 is 0.576 bits per heavy atom. The molecule has 5 nitrogen and oxygen atoms in total. The predicted molar refractivity (Wildman–Crippen MR) is 149 cm³/mol. The molecule has 33 heavy (non-hydrogen) atoms. The lowest BCUT2D eigenvalue weighted by Crippen LogP contribution is -2.38. The van der Waals surface area contributed by atoms with Crippen LogP contribution in [0.15, 0.2) is 0 Å². The Hall–Kier alpha value is 0.0169. The first-order valence-corrected chi connectivity index (χ1v) is 16.4. The van der Waals surface area contributed by atoms with Crippen LogP contribution in [0.3, 0.4) is 0 Å². The third-order valence-electron chi connectivity index (χ3n) is 7.53. The van der Waals surface area contributed by atoms with Crippen LogP contribution in [-0.2, 0) is 8.85 Å². The molecule has 0 bridgehead atoms. The molecule has 0 rings (SSSR count). The van der Waals surface area contributed by atoms with Gasteiger partial charge in [-0.3, -0.25) is 0 Å². The minimum Gasteiger partial charge on any atom is -0.398 e. The van der Waals surface area contributed by atoms with Crippen molar-refractivity contribution in [3.05, 3.63) is 0 Å². The van der Waals surface area contributed by atoms with Crippen LogP contribution in [0.25, 0.3) is 0 Å². The predicted octanol–water partition coefficient (Wildman–Crippen LogP) is 6.09. The van der Waals surface area contributed by atoms with Gasteiger partial charge in [0.2, 0.25) is 0 Å². The van der Waals surface area contributed by atoms with Crippen LogP contribution in [0.5, 0.6) is 0 Å². The van der Waals surface area contributed by atoms with Gasteiger partial charge in [-0.15, -0.1) is 0 Å². The van der Waals surface area contributed by atoms with Crippen molar-refractivity contribution in [3.63, 3.8) is 0 Å². The minimum absolute atomic E-state index is 0.401. The Morgan fingerprint density at radius 2 is 0.909 bits per heavy atom. The van der Waals surface area contributed by atoms with Gasteiger partial charge in [0.1, 0.15) is 0 Å². The molecule has 0 heterocycles. The molecule has 0 saturated heterocycles. The van der Waals surface area contributed by atoms with Gasteiger partial charge in [-0.1, -0.05) is 20.8 Å². The van der Waals surface area contributed by atoms with Crippen LogP contribution in [-0.4, -0.2) is 97.9 Å². The summed E-state index contributed by atoms with van der Waals surface area (Å²) >= 11 is 0. The number of hydrogen-bond donors (Lipinski definition) is 0. The average molecular weight is 488 g/mol. The Morgan fingerprint density at radius 3 is 1.18 bits per heavy atom. The number of nitrogens with zero attached hydrogens (tertiary/aromatic N) is 3. The van der Waals surface area contributed by atoms with Gasteiger partial charge in [-0.2, -0.15) is 0 Å². The maximum atomic E-state index is 5.90. The second kappa shape index (κ2) is 19.2. The summed E-state index contributed by atoms with van der Waals surface area (Å²) in [5, 5.41) is 0. The van der Waals surface area contributed by atoms with Gasteiger partial charge < -0.3 is 23.6 Å². The Balaban J connectivity index is 5.38. The molecule has 6 heteroatoms. The first-order chi connectivity index (χ1) is 15.7. The fourth-order valence-corrected chi connectivity index (χ4v) is 6.74. The van der Waals surface area contributed by atoms with Crippen molar-refractivity contribution in [1.82, 2.24) is 14.7 Å². The smallest absolute Gasteiger partial charge is 0.334 e. The van der Waals surface area contributed by atoms with Crippen LogP contribution < -0.4 is 0 Å². The molecule has 0 saturated carbocycles. The number of rotatable bonds is 23. The lowest BCUT2D eigenvalue weighted by atomic mass is 9.73. The summed E-state index contributed by atoms with van der Waals surface area (Å²) in [6.45, 7) is 16.3. The van der Waals surface area contributed by atoms with Gasteiger partial charge in [-0.05, 0) is 143 Å². The van der Waals surface area contributed by atoms with Crippen LogP contribution in [0.4, 0.5) is 0 Å². The van der Waals surface area contributed by atoms with Gasteiger partial charge in [0.15, 0.2) is 0 Å². The zero-order chi connectivity index (χ0) is 25.2. The molecule has 0 aromatic heterocycles. The molecule has 0 unspecified atom stereocenters. The maximum absolute atomic E-state index is 5.90. The zero-order valence-corrected chi connectivity index (χ0v) is 25.2. The van der Waals surface area contributed by atoms with Crippen molar-refractivity contribution >= 4 is 8.56 Å². The zero-order valence-electron chi connectivity index (χ0n) is 24.2. The summed E-state index contributed by atoms with van der Waals surface area (Å²) in [5.74, 6) is 0. The number of hydrogen-bond acceptors (Lipinski definition) is 5. The first-order valence-electron chi connectivity index (χ1n) is 13.9. The Labute approximate surface area is 209 Å². The maximum Gasteiger partial charge on any atom is 0.334 e. The molecular formula is C27H61N3O2Si. The van der Waals surface area contributed by atoms with E-state index in [0.717, 1.165) is 6.04 Å². The van der Waals surface area contributed by atoms with E-state index in [1.54, 1.807) is 0 Å². The van der Waals surface area contributed by atoms with Crippen LogP contribution >= 0.6 is 0 Å². The summed E-state index contributed by atoms with van der Waals surface area (Å²) in [6, 6.07) is 1.10. The van der Waals surface area contributed by atoms with Gasteiger partial charge in [0.25, 0.3) is 0 Å². The van der Waals surface area contributed by atoms with Crippen molar-refractivity contribution in [2.45, 2.75) is 97.6 Å². The van der Waals surface area contributed by atoms with Crippen LogP contribution in [0.1, 0.15) is 85.0 Å². The molecule has 0 aliphatic heterocycles. The molecule has 0 aromatic rings. The molecular weight excluding hydrogens is 426 g/mol. The highest BCUT2D eigenvalue weighted by molar-refractivity contribution is 6.65. The molecule has 0 spiro atoms. The molecule has 0 aromatic carbocycles. The highest BCUT2D eigenvalue weighted by Crippen LogP contribution is 2.41. The van der Waals surface area contributed by atoms with E-state index in [-0.39, 0.29) is 0 Å². The fourth-order valence-electron chi connectivity index (χ4n) is 5.18. The quantitative estimate of drug-likeness (QED) is 0.163. The molecule has 0 fully saturated rings. The van der Waals surface area contributed by atoms with E-state index in [9.17, 15) is 0 Å². The van der Waals surface area contributed by atoms with Gasteiger partial charge in [-0.25, -0.2) is 0 Å². The van der Waals surface area contributed by atoms with Crippen LogP contribution in [0, 0.1) is 5.41 Å². The van der Waals surface area contributed by atoms with Crippen molar-refractivity contribution in [2.24, 2.45) is 5.41 Å². The summed E-state index contributed by atoms with van der Waals surface area (Å²) in [4.78, 5) is 7.54. The van der Waals surface area contributed by atoms with Crippen molar-refractivity contribution in [2.75, 3.05) is 74.6 Å². The SMILES string of the molecule is CCCN(C)CCCC(CCCN(C)CCC)(CCCN(C)CCC)CC[Si](C)(OC)OC. The van der Waals surface area contributed by atoms with Gasteiger partial charge in [0, 0.05) is 14.2 Å². The second-order valence-electron chi connectivity index (χ2n) is 10.8. The average Bonchev–Trinajstić information content (AvgIpc) is 2.78. The van der Waals surface area contributed by atoms with E-state index < -0.39 is 8.56 Å². The topological polar surface area (TPSA) is 28.2 Å². The summed E-state index contributed by atoms with van der Waals surface area (Å²) in [7, 11) is 8.47. The van der Waals surface area contributed by atoms with E-state index in [0.29, 0.717) is 5.41 Å². The normalized spacial score (nSPS) is 13.1. The summed E-state index contributed by atoms with van der Waals surface area (Å²) in [5.41, 5.74) is 0.401. The molecule has 0 radical (unpaired) electrons. The van der Waals surface area contributed by atoms with Crippen molar-refractivity contribution in [1.29, 1.82) is 0 Å². The summed E-state index contributed by atoms with van der Waals surface area (Å²) < 4.78 is 11.8. The molecule has 0 N–H and O–H groups in total. The third-order valence-corrected chi connectivity index (χ3v) is 10.4. The molecule has 0 amide bonds. The highest BCUT2D eigenvalue weighted by Gasteiger charge is 2.36. The highest BCUT2D eigenvalue weighted by atomic mass is 28.4. The first kappa shape index (κ1) is 33.0. The minimum atomic E-state index is -2.06. The van der Waals surface area contributed by atoms with E-state index >= 15 is 0 Å². The Kier molecular flexibility index (Phi) is 19.2. The standard InChI is InChI=1S/C27H61N3O2Si/c1-10-20-28(4)23-13-16-27(17-14-24-29(5)21-11-2,18-15-25-30(6)22-12-3)19-26-33(9,31-7)32-8/h10-26H2,1-9H3. The van der Waals surface area contributed by atoms with Crippen molar-refractivity contribution in [3.8, 4) is 0 Å². The lowest BCUT2D eigenvalue weighted by molar-refractivity contribution is 0.155. The summed E-state index contributed by atoms with van der Waals surface area (Å²) in [6.07, 6.45) is 12.8.